The van der Waals surface area contributed by atoms with Gasteiger partial charge in [0.1, 0.15) is 6.04 Å². The third-order valence-corrected chi connectivity index (χ3v) is 3.78. The molecular formula is C19H22N4O. The van der Waals surface area contributed by atoms with Crippen molar-refractivity contribution in [3.05, 3.63) is 71.4 Å². The van der Waals surface area contributed by atoms with Gasteiger partial charge in [-0.2, -0.15) is 0 Å². The van der Waals surface area contributed by atoms with Gasteiger partial charge in [0.05, 0.1) is 0 Å². The summed E-state index contributed by atoms with van der Waals surface area (Å²) in [5.41, 5.74) is 9.69. The maximum absolute atomic E-state index is 12.5. The van der Waals surface area contributed by atoms with Crippen molar-refractivity contribution in [2.75, 3.05) is 12.4 Å². The van der Waals surface area contributed by atoms with Gasteiger partial charge in [-0.1, -0.05) is 42.0 Å². The molecule has 5 heteroatoms. The van der Waals surface area contributed by atoms with Crippen LogP contribution in [0.1, 0.15) is 22.7 Å². The second-order valence-electron chi connectivity index (χ2n) is 5.47. The Labute approximate surface area is 142 Å². The van der Waals surface area contributed by atoms with Crippen LogP contribution in [0, 0.1) is 12.3 Å². The minimum atomic E-state index is -0.425. The molecule has 0 bridgehead atoms. The van der Waals surface area contributed by atoms with Crippen LogP contribution >= 0.6 is 0 Å². The van der Waals surface area contributed by atoms with E-state index in [1.807, 2.05) is 43.3 Å². The molecule has 2 aromatic carbocycles. The predicted octanol–water partition coefficient (Wildman–Crippen LogP) is 2.84. The Morgan fingerprint density at radius 2 is 1.75 bits per heavy atom. The first kappa shape index (κ1) is 17.4. The molecular weight excluding hydrogens is 300 g/mol. The van der Waals surface area contributed by atoms with Gasteiger partial charge in [-0.25, -0.2) is 0 Å². The first-order valence-corrected chi connectivity index (χ1v) is 7.66. The summed E-state index contributed by atoms with van der Waals surface area (Å²) in [5.74, 6) is -0.129. The molecule has 0 heterocycles. The van der Waals surface area contributed by atoms with Crippen molar-refractivity contribution in [3.8, 4) is 0 Å². The van der Waals surface area contributed by atoms with Crippen LogP contribution in [-0.2, 0) is 4.79 Å². The minimum absolute atomic E-state index is 0.129. The Balaban J connectivity index is 2.12. The van der Waals surface area contributed by atoms with Crippen LogP contribution < -0.4 is 16.4 Å². The first-order chi connectivity index (χ1) is 11.6. The van der Waals surface area contributed by atoms with Crippen molar-refractivity contribution in [1.82, 2.24) is 5.32 Å². The third kappa shape index (κ3) is 4.08. The van der Waals surface area contributed by atoms with E-state index in [1.54, 1.807) is 19.2 Å². The average molecular weight is 322 g/mol. The molecule has 0 fully saturated rings. The number of carbonyl (C=O) groups is 1. The number of allylic oxidation sites excluding steroid dienone is 1. The number of benzene rings is 2. The van der Waals surface area contributed by atoms with Crippen LogP contribution in [0.3, 0.4) is 0 Å². The molecule has 5 nitrogen and oxygen atoms in total. The monoisotopic (exact) mass is 322 g/mol. The fraction of sp³-hybridized carbons (Fsp3) is 0.158. The van der Waals surface area contributed by atoms with Crippen molar-refractivity contribution in [2.45, 2.75) is 13.0 Å². The van der Waals surface area contributed by atoms with E-state index >= 15 is 0 Å². The molecule has 24 heavy (non-hydrogen) atoms. The molecule has 0 radical (unpaired) electrons. The number of rotatable bonds is 6. The predicted molar refractivity (Wildman–Crippen MR) is 99.0 cm³/mol. The zero-order valence-corrected chi connectivity index (χ0v) is 13.8. The summed E-state index contributed by atoms with van der Waals surface area (Å²) in [6.07, 6.45) is 2.58. The van der Waals surface area contributed by atoms with E-state index in [4.69, 9.17) is 11.1 Å². The molecule has 0 saturated heterocycles. The largest absolute Gasteiger partial charge is 0.404 e. The van der Waals surface area contributed by atoms with Crippen molar-refractivity contribution in [3.63, 3.8) is 0 Å². The second-order valence-corrected chi connectivity index (χ2v) is 5.47. The molecule has 0 aliphatic carbocycles. The van der Waals surface area contributed by atoms with Gasteiger partial charge in [-0.15, -0.1) is 0 Å². The number of carbonyl (C=O) groups excluding carboxylic acids is 1. The van der Waals surface area contributed by atoms with Crippen LogP contribution in [0.2, 0.25) is 0 Å². The molecule has 0 aromatic heterocycles. The molecule has 0 saturated carbocycles. The molecule has 0 spiro atoms. The van der Waals surface area contributed by atoms with Crippen LogP contribution in [0.15, 0.2) is 54.7 Å². The van der Waals surface area contributed by atoms with Gasteiger partial charge in [0, 0.05) is 23.7 Å². The van der Waals surface area contributed by atoms with Gasteiger partial charge in [-0.3, -0.25) is 4.79 Å². The summed E-state index contributed by atoms with van der Waals surface area (Å²) >= 11 is 0. The molecule has 2 rings (SSSR count). The number of hydrogen-bond donors (Lipinski definition) is 4. The highest BCUT2D eigenvalue weighted by atomic mass is 16.2. The van der Waals surface area contributed by atoms with E-state index < -0.39 is 6.04 Å². The highest BCUT2D eigenvalue weighted by Crippen LogP contribution is 2.19. The van der Waals surface area contributed by atoms with Gasteiger partial charge in [0.15, 0.2) is 0 Å². The topological polar surface area (TPSA) is 91.0 Å². The quantitative estimate of drug-likeness (QED) is 0.616. The lowest BCUT2D eigenvalue weighted by molar-refractivity contribution is -0.118. The zero-order chi connectivity index (χ0) is 17.5. The number of anilines is 1. The standard InChI is InChI=1S/C19H22N4O/c1-13-3-5-15(6-4-13)18(22-2)19(24)23-17-9-7-14(8-10-17)16(11-20)12-21/h3-12,18,20,22H,21H2,1-2H3,(H,23,24)/b16-12+,20-11?. The third-order valence-electron chi connectivity index (χ3n) is 3.78. The Morgan fingerprint density at radius 3 is 2.25 bits per heavy atom. The maximum Gasteiger partial charge on any atom is 0.246 e. The highest BCUT2D eigenvalue weighted by molar-refractivity contribution is 6.08. The summed E-state index contributed by atoms with van der Waals surface area (Å²) in [6, 6.07) is 14.7. The molecule has 1 amide bonds. The summed E-state index contributed by atoms with van der Waals surface area (Å²) < 4.78 is 0. The lowest BCUT2D eigenvalue weighted by Crippen LogP contribution is -2.30. The van der Waals surface area contributed by atoms with Crippen LogP contribution in [-0.4, -0.2) is 19.2 Å². The fourth-order valence-corrected chi connectivity index (χ4v) is 2.40. The van der Waals surface area contributed by atoms with E-state index in [0.29, 0.717) is 11.3 Å². The van der Waals surface area contributed by atoms with Gasteiger partial charge >= 0.3 is 0 Å². The Morgan fingerprint density at radius 1 is 1.12 bits per heavy atom. The Kier molecular flexibility index (Phi) is 5.87. The minimum Gasteiger partial charge on any atom is -0.404 e. The molecule has 124 valence electrons. The van der Waals surface area contributed by atoms with Crippen molar-refractivity contribution in [2.24, 2.45) is 5.73 Å². The van der Waals surface area contributed by atoms with Crippen LogP contribution in [0.4, 0.5) is 5.69 Å². The normalized spacial score (nSPS) is 12.5. The smallest absolute Gasteiger partial charge is 0.246 e. The lowest BCUT2D eigenvalue weighted by Gasteiger charge is -2.17. The number of amides is 1. The number of nitrogens with two attached hydrogens (primary N) is 1. The number of likely N-dealkylation sites (N-methyl/N-ethyl adjacent to an activating group) is 1. The van der Waals surface area contributed by atoms with Crippen LogP contribution in [0.5, 0.6) is 0 Å². The Bertz CT molecular complexity index is 733. The number of hydrogen-bond acceptors (Lipinski definition) is 4. The van der Waals surface area contributed by atoms with Crippen molar-refractivity contribution >= 4 is 23.4 Å². The van der Waals surface area contributed by atoms with E-state index in [0.717, 1.165) is 16.7 Å². The second kappa shape index (κ2) is 8.08. The molecule has 1 unspecified atom stereocenters. The lowest BCUT2D eigenvalue weighted by atomic mass is 10.0. The van der Waals surface area contributed by atoms with Gasteiger partial charge < -0.3 is 21.8 Å². The van der Waals surface area contributed by atoms with E-state index in [9.17, 15) is 4.79 Å². The SMILES string of the molecule is CNC(C(=O)Nc1ccc(/C(C=N)=C/N)cc1)c1ccc(C)cc1. The van der Waals surface area contributed by atoms with Gasteiger partial charge in [0.25, 0.3) is 0 Å². The Hall–Kier alpha value is -2.92. The van der Waals surface area contributed by atoms with Gasteiger partial charge in [0.2, 0.25) is 5.91 Å². The number of aryl methyl sites for hydroxylation is 1. The zero-order valence-electron chi connectivity index (χ0n) is 13.8. The first-order valence-electron chi connectivity index (χ1n) is 7.66. The summed E-state index contributed by atoms with van der Waals surface area (Å²) in [5, 5.41) is 13.2. The van der Waals surface area contributed by atoms with E-state index in [-0.39, 0.29) is 5.91 Å². The van der Waals surface area contributed by atoms with Crippen LogP contribution in [0.25, 0.3) is 5.57 Å². The molecule has 5 N–H and O–H groups in total. The maximum atomic E-state index is 12.5. The number of nitrogens with one attached hydrogen (secondary N) is 3. The molecule has 2 aromatic rings. The van der Waals surface area contributed by atoms with Gasteiger partial charge in [-0.05, 0) is 37.2 Å². The average Bonchev–Trinajstić information content (AvgIpc) is 2.60. The summed E-state index contributed by atoms with van der Waals surface area (Å²) in [4.78, 5) is 12.5. The van der Waals surface area contributed by atoms with Crippen molar-refractivity contribution in [1.29, 1.82) is 5.41 Å². The summed E-state index contributed by atoms with van der Waals surface area (Å²) in [6.45, 7) is 2.01. The van der Waals surface area contributed by atoms with E-state index in [1.165, 1.54) is 12.4 Å². The highest BCUT2D eigenvalue weighted by Gasteiger charge is 2.18. The van der Waals surface area contributed by atoms with Crippen molar-refractivity contribution < 1.29 is 4.79 Å². The molecule has 0 aliphatic heterocycles. The van der Waals surface area contributed by atoms with E-state index in [2.05, 4.69) is 10.6 Å². The molecule has 0 aliphatic rings. The summed E-state index contributed by atoms with van der Waals surface area (Å²) in [7, 11) is 1.76. The molecule has 1 atom stereocenters. The fourth-order valence-electron chi connectivity index (χ4n) is 2.40.